The van der Waals surface area contributed by atoms with Crippen LogP contribution in [0.4, 0.5) is 0 Å². The van der Waals surface area contributed by atoms with Gasteiger partial charge in [-0.3, -0.25) is 0 Å². The number of nitrogens with one attached hydrogen (secondary N) is 2. The van der Waals surface area contributed by atoms with Crippen LogP contribution in [0.15, 0.2) is 30.5 Å². The van der Waals surface area contributed by atoms with Crippen molar-refractivity contribution in [3.8, 4) is 5.75 Å². The van der Waals surface area contributed by atoms with E-state index in [1.54, 1.807) is 0 Å². The molecule has 0 aliphatic heterocycles. The van der Waals surface area contributed by atoms with Crippen LogP contribution in [-0.2, 0) is 0 Å². The van der Waals surface area contributed by atoms with Gasteiger partial charge in [0.15, 0.2) is 0 Å². The smallest absolute Gasteiger partial charge is 0.128 e. The van der Waals surface area contributed by atoms with Crippen molar-refractivity contribution in [2.24, 2.45) is 5.92 Å². The fourth-order valence-electron chi connectivity index (χ4n) is 4.20. The maximum Gasteiger partial charge on any atom is 0.128 e. The normalized spacial score (nSPS) is 28.3. The lowest BCUT2D eigenvalue weighted by Gasteiger charge is -2.29. The van der Waals surface area contributed by atoms with Crippen molar-refractivity contribution < 1.29 is 9.84 Å². The van der Waals surface area contributed by atoms with Crippen molar-refractivity contribution in [2.75, 3.05) is 13.2 Å². The fourth-order valence-corrected chi connectivity index (χ4v) is 4.20. The zero-order valence-electron chi connectivity index (χ0n) is 12.8. The largest absolute Gasteiger partial charge is 0.490 e. The SMILES string of the molecule is OC(CNC12CCC(CC1)C2)COc1cccc2[nH]ccc12. The molecule has 4 rings (SSSR count). The van der Waals surface area contributed by atoms with Crippen molar-refractivity contribution in [3.63, 3.8) is 0 Å². The topological polar surface area (TPSA) is 57.3 Å². The second-order valence-corrected chi connectivity index (χ2v) is 6.97. The summed E-state index contributed by atoms with van der Waals surface area (Å²) in [7, 11) is 0. The number of aromatic nitrogens is 1. The molecule has 1 heterocycles. The number of fused-ring (bicyclic) bond motifs is 3. The third kappa shape index (κ3) is 2.61. The summed E-state index contributed by atoms with van der Waals surface area (Å²) in [4.78, 5) is 3.17. The van der Waals surface area contributed by atoms with E-state index in [1.165, 1.54) is 32.1 Å². The number of aromatic amines is 1. The van der Waals surface area contributed by atoms with E-state index in [0.717, 1.165) is 22.6 Å². The second-order valence-electron chi connectivity index (χ2n) is 6.97. The molecule has 1 atom stereocenters. The van der Waals surface area contributed by atoms with Crippen LogP contribution >= 0.6 is 0 Å². The van der Waals surface area contributed by atoms with Crippen LogP contribution in [0.5, 0.6) is 5.75 Å². The highest BCUT2D eigenvalue weighted by atomic mass is 16.5. The van der Waals surface area contributed by atoms with E-state index in [9.17, 15) is 5.11 Å². The lowest BCUT2D eigenvalue weighted by atomic mass is 9.93. The number of H-pyrrole nitrogens is 1. The summed E-state index contributed by atoms with van der Waals surface area (Å²) in [6.07, 6.45) is 7.99. The molecule has 2 aromatic rings. The van der Waals surface area contributed by atoms with Crippen molar-refractivity contribution in [1.82, 2.24) is 10.3 Å². The molecule has 0 radical (unpaired) electrons. The highest BCUT2D eigenvalue weighted by Crippen LogP contribution is 2.47. The Morgan fingerprint density at radius 1 is 1.32 bits per heavy atom. The van der Waals surface area contributed by atoms with Crippen LogP contribution in [0.25, 0.3) is 10.9 Å². The van der Waals surface area contributed by atoms with Gasteiger partial charge in [0.2, 0.25) is 0 Å². The van der Waals surface area contributed by atoms with Gasteiger partial charge in [0, 0.05) is 29.2 Å². The Kier molecular flexibility index (Phi) is 3.59. The van der Waals surface area contributed by atoms with E-state index >= 15 is 0 Å². The van der Waals surface area contributed by atoms with Crippen LogP contribution in [-0.4, -0.2) is 34.9 Å². The highest BCUT2D eigenvalue weighted by Gasteiger charge is 2.44. The molecule has 0 spiro atoms. The summed E-state index contributed by atoms with van der Waals surface area (Å²) in [5.74, 6) is 1.75. The third-order valence-corrected chi connectivity index (χ3v) is 5.44. The predicted octanol–water partition coefficient (Wildman–Crippen LogP) is 2.83. The zero-order chi connectivity index (χ0) is 15.0. The Hall–Kier alpha value is -1.52. The first kappa shape index (κ1) is 14.1. The number of benzene rings is 1. The molecule has 0 amide bonds. The van der Waals surface area contributed by atoms with E-state index in [2.05, 4.69) is 10.3 Å². The number of aliphatic hydroxyl groups excluding tert-OH is 1. The maximum atomic E-state index is 10.2. The van der Waals surface area contributed by atoms with E-state index < -0.39 is 6.10 Å². The van der Waals surface area contributed by atoms with Gasteiger partial charge in [-0.1, -0.05) is 6.07 Å². The summed E-state index contributed by atoms with van der Waals surface area (Å²) in [6, 6.07) is 7.95. The number of aliphatic hydroxyl groups is 1. The maximum absolute atomic E-state index is 10.2. The number of hydrogen-bond donors (Lipinski definition) is 3. The Morgan fingerprint density at radius 3 is 2.95 bits per heavy atom. The highest BCUT2D eigenvalue weighted by molar-refractivity contribution is 5.85. The average Bonchev–Trinajstić information content (AvgIpc) is 3.26. The van der Waals surface area contributed by atoms with E-state index in [0.29, 0.717) is 18.7 Å². The van der Waals surface area contributed by atoms with Crippen molar-refractivity contribution in [2.45, 2.75) is 43.7 Å². The first-order valence-electron chi connectivity index (χ1n) is 8.36. The van der Waals surface area contributed by atoms with E-state index in [4.69, 9.17) is 4.74 Å². The van der Waals surface area contributed by atoms with Gasteiger partial charge >= 0.3 is 0 Å². The van der Waals surface area contributed by atoms with E-state index in [1.807, 2.05) is 30.5 Å². The molecule has 118 valence electrons. The van der Waals surface area contributed by atoms with Crippen molar-refractivity contribution in [3.05, 3.63) is 30.5 Å². The quantitative estimate of drug-likeness (QED) is 0.769. The molecule has 2 saturated carbocycles. The third-order valence-electron chi connectivity index (χ3n) is 5.44. The summed E-state index contributed by atoms with van der Waals surface area (Å²) in [5.41, 5.74) is 1.37. The van der Waals surface area contributed by atoms with Gasteiger partial charge in [-0.25, -0.2) is 0 Å². The molecule has 3 N–H and O–H groups in total. The van der Waals surface area contributed by atoms with Gasteiger partial charge in [0.25, 0.3) is 0 Å². The van der Waals surface area contributed by atoms with Gasteiger partial charge in [-0.15, -0.1) is 0 Å². The van der Waals surface area contributed by atoms with Crippen LogP contribution in [0.1, 0.15) is 32.1 Å². The molecule has 22 heavy (non-hydrogen) atoms. The fraction of sp³-hybridized carbons (Fsp3) is 0.556. The molecule has 4 heteroatoms. The monoisotopic (exact) mass is 300 g/mol. The second kappa shape index (κ2) is 5.60. The molecule has 0 saturated heterocycles. The van der Waals surface area contributed by atoms with Gasteiger partial charge in [0.05, 0.1) is 0 Å². The predicted molar refractivity (Wildman–Crippen MR) is 87.1 cm³/mol. The van der Waals surface area contributed by atoms with Crippen LogP contribution in [0, 0.1) is 5.92 Å². The Labute approximate surface area is 130 Å². The first-order chi connectivity index (χ1) is 10.7. The average molecular weight is 300 g/mol. The van der Waals surface area contributed by atoms with Crippen LogP contribution in [0.3, 0.4) is 0 Å². The van der Waals surface area contributed by atoms with Crippen LogP contribution in [0.2, 0.25) is 0 Å². The summed E-state index contributed by atoms with van der Waals surface area (Å²) < 4.78 is 5.82. The number of hydrogen-bond acceptors (Lipinski definition) is 3. The molecule has 1 aromatic carbocycles. The molecule has 1 unspecified atom stereocenters. The molecule has 4 nitrogen and oxygen atoms in total. The summed E-state index contributed by atoms with van der Waals surface area (Å²) in [6.45, 7) is 0.951. The minimum Gasteiger partial charge on any atom is -0.490 e. The Bertz CT molecular complexity index is 643. The van der Waals surface area contributed by atoms with Crippen molar-refractivity contribution in [1.29, 1.82) is 0 Å². The molecule has 2 bridgehead atoms. The van der Waals surface area contributed by atoms with E-state index in [-0.39, 0.29) is 0 Å². The number of β-amino-alcohol motifs (C(OH)–C–C–N with tert-alkyl or cyclic N) is 1. The zero-order valence-corrected chi connectivity index (χ0v) is 12.8. The lowest BCUT2D eigenvalue weighted by molar-refractivity contribution is 0.0974. The number of ether oxygens (including phenoxy) is 1. The molecular formula is C18H24N2O2. The Morgan fingerprint density at radius 2 is 2.18 bits per heavy atom. The summed E-state index contributed by atoms with van der Waals surface area (Å²) >= 11 is 0. The molecule has 2 aliphatic rings. The van der Waals surface area contributed by atoms with Gasteiger partial charge in [-0.05, 0) is 56.2 Å². The van der Waals surface area contributed by atoms with Gasteiger partial charge in [-0.2, -0.15) is 0 Å². The molecule has 1 aromatic heterocycles. The molecule has 2 aliphatic carbocycles. The minimum absolute atomic E-state index is 0.312. The van der Waals surface area contributed by atoms with Gasteiger partial charge in [0.1, 0.15) is 18.5 Å². The van der Waals surface area contributed by atoms with Crippen LogP contribution < -0.4 is 10.1 Å². The molecular weight excluding hydrogens is 276 g/mol. The Balaban J connectivity index is 1.31. The first-order valence-corrected chi connectivity index (χ1v) is 8.36. The number of rotatable bonds is 6. The minimum atomic E-state index is -0.469. The molecule has 2 fully saturated rings. The summed E-state index contributed by atoms with van der Waals surface area (Å²) in [5, 5.41) is 14.9. The lowest BCUT2D eigenvalue weighted by Crippen LogP contribution is -2.46. The van der Waals surface area contributed by atoms with Gasteiger partial charge < -0.3 is 20.1 Å². The van der Waals surface area contributed by atoms with Crippen molar-refractivity contribution >= 4 is 10.9 Å². The standard InChI is InChI=1S/C18H24N2O2/c21-14(11-20-18-7-4-13(10-18)5-8-18)12-22-17-3-1-2-16-15(17)6-9-19-16/h1-3,6,9,13-14,19-21H,4-5,7-8,10-12H2.